The van der Waals surface area contributed by atoms with E-state index in [4.69, 9.17) is 10.1 Å². The molecular weight excluding hydrogens is 452 g/mol. The summed E-state index contributed by atoms with van der Waals surface area (Å²) in [4.78, 5) is 17.9. The molecule has 4 rings (SSSR count). The molecule has 0 radical (unpaired) electrons. The highest BCUT2D eigenvalue weighted by Gasteiger charge is 2.34. The number of hydrazone groups is 1. The van der Waals surface area contributed by atoms with Crippen LogP contribution in [0.2, 0.25) is 0 Å². The Kier molecular flexibility index (Phi) is 5.91. The van der Waals surface area contributed by atoms with Gasteiger partial charge >= 0.3 is 0 Å². The lowest BCUT2D eigenvalue weighted by Gasteiger charge is -2.34. The van der Waals surface area contributed by atoms with Gasteiger partial charge in [-0.3, -0.25) is 15.1 Å². The van der Waals surface area contributed by atoms with E-state index in [0.29, 0.717) is 10.9 Å². The number of thioether (sulfide) groups is 1. The average Bonchev–Trinajstić information content (AvgIpc) is 2.70. The van der Waals surface area contributed by atoms with Crippen molar-refractivity contribution in [2.45, 2.75) is 32.4 Å². The van der Waals surface area contributed by atoms with Gasteiger partial charge in [-0.05, 0) is 36.8 Å². The lowest BCUT2D eigenvalue weighted by molar-refractivity contribution is -0.116. The zero-order chi connectivity index (χ0) is 20.4. The summed E-state index contributed by atoms with van der Waals surface area (Å²) in [6, 6.07) is 12.6. The Morgan fingerprint density at radius 1 is 1.24 bits per heavy atom. The molecule has 1 amide bonds. The normalized spacial score (nSPS) is 17.8. The predicted molar refractivity (Wildman–Crippen MR) is 119 cm³/mol. The van der Waals surface area contributed by atoms with Crippen molar-refractivity contribution in [2.75, 3.05) is 5.75 Å². The molecule has 2 heterocycles. The molecule has 150 valence electrons. The van der Waals surface area contributed by atoms with Gasteiger partial charge in [0.2, 0.25) is 0 Å². The quantitative estimate of drug-likeness (QED) is 0.654. The number of halogens is 1. The van der Waals surface area contributed by atoms with E-state index < -0.39 is 6.17 Å². The van der Waals surface area contributed by atoms with E-state index >= 15 is 0 Å². The summed E-state index contributed by atoms with van der Waals surface area (Å²) >= 11 is 5.02. The van der Waals surface area contributed by atoms with Gasteiger partial charge in [-0.2, -0.15) is 0 Å². The van der Waals surface area contributed by atoms with Crippen molar-refractivity contribution in [3.05, 3.63) is 63.1 Å². The highest BCUT2D eigenvalue weighted by molar-refractivity contribution is 9.10. The van der Waals surface area contributed by atoms with Gasteiger partial charge in [0.25, 0.3) is 5.91 Å². The number of nitrogens with zero attached hydrogens (tertiary/aromatic N) is 3. The molecule has 0 spiro atoms. The third-order valence-electron chi connectivity index (χ3n) is 4.72. The van der Waals surface area contributed by atoms with Gasteiger partial charge in [0.1, 0.15) is 11.4 Å². The average molecular weight is 473 g/mol. The van der Waals surface area contributed by atoms with Gasteiger partial charge in [0, 0.05) is 21.0 Å². The second-order valence-electron chi connectivity index (χ2n) is 6.87. The van der Waals surface area contributed by atoms with Crippen molar-refractivity contribution in [3.8, 4) is 5.75 Å². The lowest BCUT2D eigenvalue weighted by Crippen LogP contribution is -2.50. The third-order valence-corrected chi connectivity index (χ3v) is 6.17. The summed E-state index contributed by atoms with van der Waals surface area (Å²) in [7, 11) is 0. The molecule has 1 unspecified atom stereocenters. The Bertz CT molecular complexity index is 1100. The molecule has 2 N–H and O–H groups in total. The monoisotopic (exact) mass is 472 g/mol. The highest BCUT2D eigenvalue weighted by Crippen LogP contribution is 2.32. The number of fused-ring (bicyclic) bond motifs is 2. The number of carbonyl (C=O) groups is 1. The van der Waals surface area contributed by atoms with Crippen LogP contribution in [0.1, 0.15) is 37.9 Å². The van der Waals surface area contributed by atoms with Crippen molar-refractivity contribution in [1.82, 2.24) is 10.3 Å². The molecule has 0 saturated heterocycles. The first kappa shape index (κ1) is 20.0. The molecule has 0 aliphatic carbocycles. The van der Waals surface area contributed by atoms with Crippen molar-refractivity contribution in [3.63, 3.8) is 0 Å². The molecule has 1 atom stereocenters. The van der Waals surface area contributed by atoms with Crippen LogP contribution in [0, 0.1) is 0 Å². The number of amidine groups is 1. The zero-order valence-electron chi connectivity index (χ0n) is 15.9. The van der Waals surface area contributed by atoms with Crippen molar-refractivity contribution >= 4 is 44.5 Å². The summed E-state index contributed by atoms with van der Waals surface area (Å²) < 4.78 is 0.867. The molecule has 0 aromatic heterocycles. The fraction of sp³-hybridized carbons (Fsp3) is 0.286. The Morgan fingerprint density at radius 2 is 2.10 bits per heavy atom. The van der Waals surface area contributed by atoms with Crippen LogP contribution >= 0.6 is 27.7 Å². The maximum Gasteiger partial charge on any atom is 0.276 e. The fourth-order valence-corrected chi connectivity index (χ4v) is 4.55. The van der Waals surface area contributed by atoms with E-state index in [9.17, 15) is 9.90 Å². The minimum Gasteiger partial charge on any atom is -0.508 e. The molecule has 8 heteroatoms. The number of carbonyl (C=O) groups excluding carboxylic acids is 1. The first-order valence-electron chi connectivity index (χ1n) is 9.55. The summed E-state index contributed by atoms with van der Waals surface area (Å²) in [5, 5.41) is 21.3. The van der Waals surface area contributed by atoms with Crippen LogP contribution in [0.15, 0.2) is 57.0 Å². The number of phenols is 1. The van der Waals surface area contributed by atoms with Crippen LogP contribution in [-0.4, -0.2) is 26.9 Å². The second-order valence-corrected chi connectivity index (χ2v) is 8.87. The number of phenolic OH excluding ortho intramolecular Hbond substituents is 1. The summed E-state index contributed by atoms with van der Waals surface area (Å²) in [5.74, 6) is 0.851. The molecule has 2 aromatic carbocycles. The highest BCUT2D eigenvalue weighted by atomic mass is 79.9. The number of benzene rings is 2. The SMILES string of the molecule is CCCCCSC1=NN2C(=c3cc(Br)ccc3=NC2c2cccc(O)c2)C(=O)N1. The number of unbranched alkanes of at least 4 members (excludes halogenated alkanes) is 2. The van der Waals surface area contributed by atoms with E-state index in [1.165, 1.54) is 0 Å². The summed E-state index contributed by atoms with van der Waals surface area (Å²) in [6.07, 6.45) is 2.84. The van der Waals surface area contributed by atoms with Gasteiger partial charge in [0.05, 0.1) is 5.36 Å². The van der Waals surface area contributed by atoms with Crippen molar-refractivity contribution < 1.29 is 9.90 Å². The van der Waals surface area contributed by atoms with Crippen LogP contribution in [0.4, 0.5) is 0 Å². The number of hydrogen-bond acceptors (Lipinski definition) is 6. The number of rotatable bonds is 5. The van der Waals surface area contributed by atoms with Gasteiger partial charge < -0.3 is 5.11 Å². The Labute approximate surface area is 181 Å². The largest absolute Gasteiger partial charge is 0.508 e. The minimum absolute atomic E-state index is 0.153. The molecule has 0 saturated carbocycles. The maximum absolute atomic E-state index is 13.1. The number of amides is 1. The van der Waals surface area contributed by atoms with Gasteiger partial charge in [-0.15, -0.1) is 5.10 Å². The fourth-order valence-electron chi connectivity index (χ4n) is 3.34. The molecule has 2 aliphatic rings. The Hall–Kier alpha value is -2.32. The Balaban J connectivity index is 1.81. The van der Waals surface area contributed by atoms with E-state index in [2.05, 4.69) is 28.2 Å². The van der Waals surface area contributed by atoms with Crippen LogP contribution < -0.4 is 15.9 Å². The molecule has 2 aliphatic heterocycles. The molecule has 0 bridgehead atoms. The predicted octanol–water partition coefficient (Wildman–Crippen LogP) is 3.22. The molecule has 29 heavy (non-hydrogen) atoms. The first-order valence-corrected chi connectivity index (χ1v) is 11.3. The van der Waals surface area contributed by atoms with E-state index in [1.807, 2.05) is 24.3 Å². The Morgan fingerprint density at radius 3 is 2.90 bits per heavy atom. The van der Waals surface area contributed by atoms with E-state index in [-0.39, 0.29) is 11.7 Å². The minimum atomic E-state index is -0.525. The molecular formula is C21H21BrN4O2S. The van der Waals surface area contributed by atoms with E-state index in [0.717, 1.165) is 45.6 Å². The second kappa shape index (κ2) is 8.59. The molecule has 2 aromatic rings. The first-order chi connectivity index (χ1) is 14.1. The zero-order valence-corrected chi connectivity index (χ0v) is 18.3. The smallest absolute Gasteiger partial charge is 0.276 e. The number of aromatic hydroxyl groups is 1. The van der Waals surface area contributed by atoms with Crippen LogP contribution in [0.5, 0.6) is 5.75 Å². The standard InChI is InChI=1S/C21H21BrN4O2S/c1-2-3-4-10-29-21-24-20(28)18-16-12-14(22)8-9-17(16)23-19(26(18)25-21)13-6-5-7-15(27)11-13/h5-9,11-12,19,27H,2-4,10H2,1H3,(H,24,25,28). The topological polar surface area (TPSA) is 77.3 Å². The van der Waals surface area contributed by atoms with Gasteiger partial charge in [-0.25, -0.2) is 5.01 Å². The third kappa shape index (κ3) is 4.18. The van der Waals surface area contributed by atoms with Crippen LogP contribution in [-0.2, 0) is 4.79 Å². The summed E-state index contributed by atoms with van der Waals surface area (Å²) in [6.45, 7) is 2.16. The van der Waals surface area contributed by atoms with Crippen LogP contribution in [0.25, 0.3) is 5.70 Å². The maximum atomic E-state index is 13.1. The molecule has 0 fully saturated rings. The lowest BCUT2D eigenvalue weighted by atomic mass is 10.1. The van der Waals surface area contributed by atoms with Gasteiger partial charge in [-0.1, -0.05) is 59.6 Å². The van der Waals surface area contributed by atoms with E-state index in [1.54, 1.807) is 35.0 Å². The van der Waals surface area contributed by atoms with Crippen molar-refractivity contribution in [1.29, 1.82) is 0 Å². The number of hydrogen-bond donors (Lipinski definition) is 2. The number of nitrogens with one attached hydrogen (secondary N) is 1. The summed E-state index contributed by atoms with van der Waals surface area (Å²) in [5.41, 5.74) is 1.23. The van der Waals surface area contributed by atoms with Crippen molar-refractivity contribution in [2.24, 2.45) is 10.1 Å². The molecule has 6 nitrogen and oxygen atoms in total. The van der Waals surface area contributed by atoms with Gasteiger partial charge in [0.15, 0.2) is 11.3 Å². The van der Waals surface area contributed by atoms with Crippen LogP contribution in [0.3, 0.4) is 0 Å².